The van der Waals surface area contributed by atoms with Crippen LogP contribution in [0.2, 0.25) is 0 Å². The van der Waals surface area contributed by atoms with E-state index in [1.54, 1.807) is 18.5 Å². The highest BCUT2D eigenvalue weighted by atomic mass is 19.1. The molecule has 1 aromatic heterocycles. The van der Waals surface area contributed by atoms with Crippen molar-refractivity contribution < 1.29 is 14.3 Å². The molecule has 0 aliphatic rings. The minimum atomic E-state index is -0.895. The van der Waals surface area contributed by atoms with E-state index in [0.717, 1.165) is 11.0 Å². The van der Waals surface area contributed by atoms with Crippen LogP contribution in [-0.2, 0) is 0 Å². The van der Waals surface area contributed by atoms with Crippen LogP contribution in [0.5, 0.6) is 0 Å². The zero-order valence-electron chi connectivity index (χ0n) is 14.1. The molecule has 1 heterocycles. The van der Waals surface area contributed by atoms with Gasteiger partial charge < -0.3 is 15.0 Å². The van der Waals surface area contributed by atoms with Gasteiger partial charge in [0.2, 0.25) is 0 Å². The molecule has 6 heteroatoms. The van der Waals surface area contributed by atoms with Crippen molar-refractivity contribution >= 4 is 16.9 Å². The van der Waals surface area contributed by atoms with E-state index >= 15 is 0 Å². The molecule has 1 atom stereocenters. The monoisotopic (exact) mass is 341 g/mol. The second kappa shape index (κ2) is 7.03. The SMILES string of the molecule is CC(C)n1cnc2cc(C(=O)NC[C@H](O)c3ccc(F)cc3)ccc21. The lowest BCUT2D eigenvalue weighted by atomic mass is 10.1. The Kier molecular flexibility index (Phi) is 4.81. The minimum Gasteiger partial charge on any atom is -0.387 e. The average molecular weight is 341 g/mol. The molecular weight excluding hydrogens is 321 g/mol. The topological polar surface area (TPSA) is 67.2 Å². The molecule has 5 nitrogen and oxygen atoms in total. The third-order valence-electron chi connectivity index (χ3n) is 4.10. The number of nitrogens with one attached hydrogen (secondary N) is 1. The number of carbonyl (C=O) groups excluding carboxylic acids is 1. The number of hydrogen-bond acceptors (Lipinski definition) is 3. The summed E-state index contributed by atoms with van der Waals surface area (Å²) in [7, 11) is 0. The maximum atomic E-state index is 12.9. The Morgan fingerprint density at radius 2 is 1.96 bits per heavy atom. The zero-order chi connectivity index (χ0) is 18.0. The van der Waals surface area contributed by atoms with Crippen molar-refractivity contribution in [3.05, 3.63) is 65.7 Å². The van der Waals surface area contributed by atoms with Gasteiger partial charge in [-0.3, -0.25) is 4.79 Å². The van der Waals surface area contributed by atoms with Crippen LogP contribution in [0, 0.1) is 5.82 Å². The van der Waals surface area contributed by atoms with Crippen molar-refractivity contribution in [3.8, 4) is 0 Å². The maximum Gasteiger partial charge on any atom is 0.251 e. The predicted octanol–water partition coefficient (Wildman–Crippen LogP) is 3.22. The molecule has 0 aliphatic carbocycles. The van der Waals surface area contributed by atoms with Crippen molar-refractivity contribution in [2.75, 3.05) is 6.54 Å². The van der Waals surface area contributed by atoms with E-state index in [0.29, 0.717) is 11.1 Å². The Morgan fingerprint density at radius 3 is 2.64 bits per heavy atom. The van der Waals surface area contributed by atoms with Crippen LogP contribution in [0.4, 0.5) is 4.39 Å². The summed E-state index contributed by atoms with van der Waals surface area (Å²) >= 11 is 0. The third kappa shape index (κ3) is 3.69. The van der Waals surface area contributed by atoms with E-state index in [9.17, 15) is 14.3 Å². The molecule has 0 radical (unpaired) electrons. The number of carbonyl (C=O) groups is 1. The first-order chi connectivity index (χ1) is 12.0. The maximum absolute atomic E-state index is 12.9. The molecule has 0 spiro atoms. The highest BCUT2D eigenvalue weighted by molar-refractivity contribution is 5.97. The van der Waals surface area contributed by atoms with Crippen LogP contribution in [0.1, 0.15) is 41.9 Å². The Bertz CT molecular complexity index is 887. The first kappa shape index (κ1) is 17.1. The zero-order valence-corrected chi connectivity index (χ0v) is 14.1. The summed E-state index contributed by atoms with van der Waals surface area (Å²) in [6, 6.07) is 11.2. The molecular formula is C19H20FN3O2. The van der Waals surface area contributed by atoms with Crippen LogP contribution >= 0.6 is 0 Å². The van der Waals surface area contributed by atoms with E-state index in [4.69, 9.17) is 0 Å². The number of aromatic nitrogens is 2. The van der Waals surface area contributed by atoms with Gasteiger partial charge in [0.1, 0.15) is 5.82 Å². The first-order valence-corrected chi connectivity index (χ1v) is 8.14. The summed E-state index contributed by atoms with van der Waals surface area (Å²) in [5.74, 6) is -0.656. The number of amides is 1. The summed E-state index contributed by atoms with van der Waals surface area (Å²) in [4.78, 5) is 16.6. The molecule has 0 unspecified atom stereocenters. The number of halogens is 1. The quantitative estimate of drug-likeness (QED) is 0.749. The number of imidazole rings is 1. The number of rotatable bonds is 5. The molecule has 130 valence electrons. The second-order valence-corrected chi connectivity index (χ2v) is 6.23. The van der Waals surface area contributed by atoms with Crippen LogP contribution in [0.15, 0.2) is 48.8 Å². The number of aliphatic hydroxyl groups excluding tert-OH is 1. The van der Waals surface area contributed by atoms with Gasteiger partial charge in [-0.2, -0.15) is 0 Å². The van der Waals surface area contributed by atoms with Crippen molar-refractivity contribution in [3.63, 3.8) is 0 Å². The fourth-order valence-electron chi connectivity index (χ4n) is 2.68. The lowest BCUT2D eigenvalue weighted by molar-refractivity contribution is 0.0916. The molecule has 2 N–H and O–H groups in total. The van der Waals surface area contributed by atoms with Crippen molar-refractivity contribution in [2.24, 2.45) is 0 Å². The Labute approximate surface area is 145 Å². The highest BCUT2D eigenvalue weighted by Gasteiger charge is 2.13. The molecule has 0 saturated heterocycles. The van der Waals surface area contributed by atoms with Gasteiger partial charge >= 0.3 is 0 Å². The van der Waals surface area contributed by atoms with E-state index in [2.05, 4.69) is 24.1 Å². The van der Waals surface area contributed by atoms with Crippen molar-refractivity contribution in [1.82, 2.24) is 14.9 Å². The molecule has 25 heavy (non-hydrogen) atoms. The minimum absolute atomic E-state index is 0.0446. The Hall–Kier alpha value is -2.73. The van der Waals surface area contributed by atoms with E-state index in [1.165, 1.54) is 24.3 Å². The normalized spacial score (nSPS) is 12.5. The van der Waals surface area contributed by atoms with Crippen molar-refractivity contribution in [2.45, 2.75) is 26.0 Å². The van der Waals surface area contributed by atoms with Crippen molar-refractivity contribution in [1.29, 1.82) is 0 Å². The van der Waals surface area contributed by atoms with Gasteiger partial charge in [0.15, 0.2) is 0 Å². The molecule has 0 fully saturated rings. The van der Waals surface area contributed by atoms with Gasteiger partial charge in [-0.25, -0.2) is 9.37 Å². The molecule has 0 bridgehead atoms. The van der Waals surface area contributed by atoms with E-state index < -0.39 is 6.10 Å². The van der Waals surface area contributed by atoms with E-state index in [1.807, 2.05) is 10.6 Å². The van der Waals surface area contributed by atoms with Gasteiger partial charge in [-0.1, -0.05) is 12.1 Å². The number of aliphatic hydroxyl groups is 1. The lowest BCUT2D eigenvalue weighted by Crippen LogP contribution is -2.28. The van der Waals surface area contributed by atoms with Crippen LogP contribution in [0.25, 0.3) is 11.0 Å². The summed E-state index contributed by atoms with van der Waals surface area (Å²) in [5.41, 5.74) is 2.75. The van der Waals surface area contributed by atoms with Crippen LogP contribution in [0.3, 0.4) is 0 Å². The van der Waals surface area contributed by atoms with Gasteiger partial charge in [-0.05, 0) is 49.7 Å². The molecule has 0 aliphatic heterocycles. The van der Waals surface area contributed by atoms with E-state index in [-0.39, 0.29) is 24.3 Å². The van der Waals surface area contributed by atoms with Gasteiger partial charge in [0.05, 0.1) is 23.5 Å². The second-order valence-electron chi connectivity index (χ2n) is 6.23. The van der Waals surface area contributed by atoms with Crippen LogP contribution < -0.4 is 5.32 Å². The first-order valence-electron chi connectivity index (χ1n) is 8.14. The average Bonchev–Trinajstić information content (AvgIpc) is 3.03. The Balaban J connectivity index is 1.68. The number of nitrogens with zero attached hydrogens (tertiary/aromatic N) is 2. The lowest BCUT2D eigenvalue weighted by Gasteiger charge is -2.12. The molecule has 2 aromatic carbocycles. The molecule has 3 aromatic rings. The van der Waals surface area contributed by atoms with Crippen LogP contribution in [-0.4, -0.2) is 27.1 Å². The third-order valence-corrected chi connectivity index (χ3v) is 4.10. The van der Waals surface area contributed by atoms with Gasteiger partial charge in [-0.15, -0.1) is 0 Å². The fraction of sp³-hybridized carbons (Fsp3) is 0.263. The highest BCUT2D eigenvalue weighted by Crippen LogP contribution is 2.19. The number of benzene rings is 2. The number of hydrogen-bond donors (Lipinski definition) is 2. The number of fused-ring (bicyclic) bond motifs is 1. The smallest absolute Gasteiger partial charge is 0.251 e. The van der Waals surface area contributed by atoms with Gasteiger partial charge in [0, 0.05) is 18.2 Å². The molecule has 3 rings (SSSR count). The van der Waals surface area contributed by atoms with Gasteiger partial charge in [0.25, 0.3) is 5.91 Å². The largest absolute Gasteiger partial charge is 0.387 e. The summed E-state index contributed by atoms with van der Waals surface area (Å²) < 4.78 is 14.9. The summed E-state index contributed by atoms with van der Waals surface area (Å²) in [5, 5.41) is 12.8. The standard InChI is InChI=1S/C19H20FN3O2/c1-12(2)23-11-22-16-9-14(5-8-17(16)23)19(25)21-10-18(24)13-3-6-15(20)7-4-13/h3-9,11-12,18,24H,10H2,1-2H3,(H,21,25)/t18-/m0/s1. The summed E-state index contributed by atoms with van der Waals surface area (Å²) in [6.45, 7) is 4.18. The molecule has 1 amide bonds. The fourth-order valence-corrected chi connectivity index (χ4v) is 2.68. The molecule has 0 saturated carbocycles. The summed E-state index contributed by atoms with van der Waals surface area (Å²) in [6.07, 6.45) is 0.864. The Morgan fingerprint density at radius 1 is 1.24 bits per heavy atom. The predicted molar refractivity (Wildman–Crippen MR) is 93.8 cm³/mol.